The maximum Gasteiger partial charge on any atom is 0.224 e. The van der Waals surface area contributed by atoms with Crippen molar-refractivity contribution in [1.29, 1.82) is 0 Å². The molecule has 5 nitrogen and oxygen atoms in total. The fraction of sp³-hybridized carbons (Fsp3) is 0.417. The van der Waals surface area contributed by atoms with Gasteiger partial charge in [-0.05, 0) is 24.1 Å². The summed E-state index contributed by atoms with van der Waals surface area (Å²) in [5.41, 5.74) is 0.783. The van der Waals surface area contributed by atoms with Crippen LogP contribution in [0.25, 0.3) is 0 Å². The minimum atomic E-state index is -2.97. The van der Waals surface area contributed by atoms with Gasteiger partial charge in [-0.2, -0.15) is 0 Å². The number of benzene rings is 1. The van der Waals surface area contributed by atoms with E-state index in [0.29, 0.717) is 6.42 Å². The first kappa shape index (κ1) is 12.9. The van der Waals surface area contributed by atoms with Gasteiger partial charge >= 0.3 is 0 Å². The van der Waals surface area contributed by atoms with Crippen LogP contribution in [0.3, 0.4) is 0 Å². The molecule has 1 atom stereocenters. The molecule has 1 aliphatic heterocycles. The summed E-state index contributed by atoms with van der Waals surface area (Å²) in [6.07, 6.45) is 0.681. The molecule has 0 aromatic heterocycles. The van der Waals surface area contributed by atoms with Crippen molar-refractivity contribution in [2.45, 2.75) is 18.9 Å². The molecule has 18 heavy (non-hydrogen) atoms. The molecule has 1 saturated heterocycles. The Morgan fingerprint density at radius 2 is 2.00 bits per heavy atom. The lowest BCUT2D eigenvalue weighted by Crippen LogP contribution is -2.36. The summed E-state index contributed by atoms with van der Waals surface area (Å²) in [4.78, 5) is 11.7. The fourth-order valence-corrected chi connectivity index (χ4v) is 3.66. The molecule has 0 bridgehead atoms. The number of rotatable bonds is 3. The number of aromatic hydroxyl groups is 1. The van der Waals surface area contributed by atoms with Crippen molar-refractivity contribution in [2.75, 3.05) is 11.5 Å². The summed E-state index contributed by atoms with van der Waals surface area (Å²) in [7, 11) is -2.97. The SMILES string of the molecule is O=C(Cc1ccc(O)cc1)NC1CCS(=O)(=O)C1. The summed E-state index contributed by atoms with van der Waals surface area (Å²) in [6.45, 7) is 0. The van der Waals surface area contributed by atoms with Crippen molar-refractivity contribution < 1.29 is 18.3 Å². The van der Waals surface area contributed by atoms with Crippen molar-refractivity contribution in [2.24, 2.45) is 0 Å². The molecule has 1 aromatic rings. The third kappa shape index (κ3) is 3.46. The van der Waals surface area contributed by atoms with Crippen LogP contribution in [0.1, 0.15) is 12.0 Å². The second kappa shape index (κ2) is 4.97. The average molecular weight is 269 g/mol. The third-order valence-electron chi connectivity index (χ3n) is 2.90. The van der Waals surface area contributed by atoms with E-state index in [1.165, 1.54) is 12.1 Å². The number of hydrogen-bond donors (Lipinski definition) is 2. The molecule has 0 saturated carbocycles. The molecule has 1 unspecified atom stereocenters. The normalized spacial score (nSPS) is 21.7. The van der Waals surface area contributed by atoms with E-state index in [9.17, 15) is 13.2 Å². The van der Waals surface area contributed by atoms with Crippen molar-refractivity contribution in [1.82, 2.24) is 5.32 Å². The molecule has 2 N–H and O–H groups in total. The molecule has 2 rings (SSSR count). The van der Waals surface area contributed by atoms with Crippen molar-refractivity contribution in [3.8, 4) is 5.75 Å². The molecule has 1 heterocycles. The van der Waals surface area contributed by atoms with Crippen LogP contribution in [-0.4, -0.2) is 37.0 Å². The second-order valence-corrected chi connectivity index (χ2v) is 6.74. The smallest absolute Gasteiger partial charge is 0.224 e. The fourth-order valence-electron chi connectivity index (χ4n) is 1.99. The monoisotopic (exact) mass is 269 g/mol. The number of sulfone groups is 1. The molecule has 1 amide bonds. The van der Waals surface area contributed by atoms with Gasteiger partial charge in [-0.1, -0.05) is 12.1 Å². The molecule has 0 spiro atoms. The molecular formula is C12H15NO4S. The highest BCUT2D eigenvalue weighted by atomic mass is 32.2. The molecule has 1 fully saturated rings. The standard InChI is InChI=1S/C12H15NO4S/c14-11-3-1-9(2-4-11)7-12(15)13-10-5-6-18(16,17)8-10/h1-4,10,14H,5-8H2,(H,13,15). The predicted molar refractivity (Wildman–Crippen MR) is 67.0 cm³/mol. The first-order valence-electron chi connectivity index (χ1n) is 5.72. The first-order valence-corrected chi connectivity index (χ1v) is 7.54. The van der Waals surface area contributed by atoms with Gasteiger partial charge in [0.15, 0.2) is 9.84 Å². The Labute approximate surface area is 106 Å². The van der Waals surface area contributed by atoms with Gasteiger partial charge in [0, 0.05) is 6.04 Å². The predicted octanol–water partition coefficient (Wildman–Crippen LogP) is 0.238. The third-order valence-corrected chi connectivity index (χ3v) is 4.67. The van der Waals surface area contributed by atoms with Crippen LogP contribution in [0, 0.1) is 0 Å². The molecule has 1 aliphatic rings. The summed E-state index contributed by atoms with van der Waals surface area (Å²) in [5, 5.41) is 11.8. The zero-order chi connectivity index (χ0) is 13.2. The van der Waals surface area contributed by atoms with E-state index in [0.717, 1.165) is 5.56 Å². The van der Waals surface area contributed by atoms with Crippen molar-refractivity contribution in [3.63, 3.8) is 0 Å². The van der Waals surface area contributed by atoms with Gasteiger partial charge in [-0.25, -0.2) is 8.42 Å². The van der Waals surface area contributed by atoms with E-state index in [2.05, 4.69) is 5.32 Å². The Morgan fingerprint density at radius 1 is 1.33 bits per heavy atom. The van der Waals surface area contributed by atoms with Crippen LogP contribution < -0.4 is 5.32 Å². The Morgan fingerprint density at radius 3 is 2.56 bits per heavy atom. The largest absolute Gasteiger partial charge is 0.508 e. The molecular weight excluding hydrogens is 254 g/mol. The van der Waals surface area contributed by atoms with Gasteiger partial charge in [0.1, 0.15) is 5.75 Å². The van der Waals surface area contributed by atoms with Crippen molar-refractivity contribution in [3.05, 3.63) is 29.8 Å². The second-order valence-electron chi connectivity index (χ2n) is 4.51. The van der Waals surface area contributed by atoms with Crippen LogP contribution >= 0.6 is 0 Å². The van der Waals surface area contributed by atoms with Gasteiger partial charge < -0.3 is 10.4 Å². The van der Waals surface area contributed by atoms with Crippen molar-refractivity contribution >= 4 is 15.7 Å². The highest BCUT2D eigenvalue weighted by molar-refractivity contribution is 7.91. The molecule has 0 aliphatic carbocycles. The zero-order valence-electron chi connectivity index (χ0n) is 9.80. The minimum absolute atomic E-state index is 0.0360. The molecule has 6 heteroatoms. The minimum Gasteiger partial charge on any atom is -0.508 e. The van der Waals surface area contributed by atoms with Crippen LogP contribution in [0.15, 0.2) is 24.3 Å². The van der Waals surface area contributed by atoms with Gasteiger partial charge in [-0.3, -0.25) is 4.79 Å². The van der Waals surface area contributed by atoms with E-state index in [-0.39, 0.29) is 35.6 Å². The van der Waals surface area contributed by atoms with Crippen LogP contribution in [0.4, 0.5) is 0 Å². The number of carbonyl (C=O) groups is 1. The topological polar surface area (TPSA) is 83.5 Å². The van der Waals surface area contributed by atoms with E-state index in [4.69, 9.17) is 5.11 Å². The average Bonchev–Trinajstić information content (AvgIpc) is 2.61. The summed E-state index contributed by atoms with van der Waals surface area (Å²) in [5.74, 6) is 0.148. The quantitative estimate of drug-likeness (QED) is 0.823. The van der Waals surface area contributed by atoms with E-state index in [1.807, 2.05) is 0 Å². The van der Waals surface area contributed by atoms with Gasteiger partial charge in [0.2, 0.25) is 5.91 Å². The molecule has 1 aromatic carbocycles. The first-order chi connectivity index (χ1) is 8.44. The molecule has 0 radical (unpaired) electrons. The lowest BCUT2D eigenvalue weighted by Gasteiger charge is -2.10. The Bertz CT molecular complexity index is 536. The number of amides is 1. The Balaban J connectivity index is 1.88. The van der Waals surface area contributed by atoms with Crippen LogP contribution in [0.2, 0.25) is 0 Å². The van der Waals surface area contributed by atoms with Gasteiger partial charge in [0.05, 0.1) is 17.9 Å². The Kier molecular flexibility index (Phi) is 3.56. The number of carbonyl (C=O) groups excluding carboxylic acids is 1. The van der Waals surface area contributed by atoms with Crippen LogP contribution in [-0.2, 0) is 21.1 Å². The highest BCUT2D eigenvalue weighted by Crippen LogP contribution is 2.13. The van der Waals surface area contributed by atoms with Gasteiger partial charge in [-0.15, -0.1) is 0 Å². The number of nitrogens with one attached hydrogen (secondary N) is 1. The summed E-state index contributed by atoms with van der Waals surface area (Å²) < 4.78 is 22.5. The lowest BCUT2D eigenvalue weighted by atomic mass is 10.1. The van der Waals surface area contributed by atoms with E-state index >= 15 is 0 Å². The zero-order valence-corrected chi connectivity index (χ0v) is 10.6. The number of phenolic OH excluding ortho intramolecular Hbond substituents is 1. The van der Waals surface area contributed by atoms with E-state index in [1.54, 1.807) is 12.1 Å². The number of hydrogen-bond acceptors (Lipinski definition) is 4. The molecule has 98 valence electrons. The summed E-state index contributed by atoms with van der Waals surface area (Å²) in [6, 6.07) is 6.10. The maximum absolute atomic E-state index is 11.7. The van der Waals surface area contributed by atoms with Crippen LogP contribution in [0.5, 0.6) is 5.75 Å². The maximum atomic E-state index is 11.7. The summed E-state index contributed by atoms with van der Waals surface area (Å²) >= 11 is 0. The number of phenols is 1. The highest BCUT2D eigenvalue weighted by Gasteiger charge is 2.28. The lowest BCUT2D eigenvalue weighted by molar-refractivity contribution is -0.121. The van der Waals surface area contributed by atoms with E-state index < -0.39 is 9.84 Å². The van der Waals surface area contributed by atoms with Gasteiger partial charge in [0.25, 0.3) is 0 Å². The Hall–Kier alpha value is -1.56.